The number of nitrogens with zero attached hydrogens (tertiary/aromatic N) is 2. The Hall–Kier alpha value is -1.73. The van der Waals surface area contributed by atoms with Gasteiger partial charge >= 0.3 is 0 Å². The molecule has 1 aromatic rings. The van der Waals surface area contributed by atoms with Gasteiger partial charge in [-0.3, -0.25) is 4.90 Å². The van der Waals surface area contributed by atoms with Crippen LogP contribution in [0.15, 0.2) is 23.4 Å². The van der Waals surface area contributed by atoms with Crippen molar-refractivity contribution in [2.75, 3.05) is 19.7 Å². The second-order valence-electron chi connectivity index (χ2n) is 4.36. The van der Waals surface area contributed by atoms with Crippen molar-refractivity contribution in [2.24, 2.45) is 10.9 Å². The summed E-state index contributed by atoms with van der Waals surface area (Å²) in [6, 6.07) is 3.50. The van der Waals surface area contributed by atoms with Crippen LogP contribution in [0.4, 0.5) is 8.78 Å². The van der Waals surface area contributed by atoms with Crippen LogP contribution in [0.25, 0.3) is 0 Å². The van der Waals surface area contributed by atoms with Gasteiger partial charge in [-0.05, 0) is 6.07 Å². The van der Waals surface area contributed by atoms with E-state index in [1.54, 1.807) is 0 Å². The van der Waals surface area contributed by atoms with E-state index in [1.165, 1.54) is 12.1 Å². The highest BCUT2D eigenvalue weighted by molar-refractivity contribution is 5.84. The Balaban J connectivity index is 2.02. The molecule has 104 valence electrons. The number of rotatable bonds is 3. The maximum atomic E-state index is 13.5. The van der Waals surface area contributed by atoms with Gasteiger partial charge in [0.25, 0.3) is 0 Å². The fourth-order valence-corrected chi connectivity index (χ4v) is 1.98. The minimum Gasteiger partial charge on any atom is -0.409 e. The lowest BCUT2D eigenvalue weighted by Crippen LogP contribution is -2.48. The van der Waals surface area contributed by atoms with Crippen LogP contribution in [0.1, 0.15) is 5.56 Å². The monoisotopic (exact) mass is 271 g/mol. The Morgan fingerprint density at radius 1 is 1.53 bits per heavy atom. The Morgan fingerprint density at radius 3 is 3.00 bits per heavy atom. The average Bonchev–Trinajstić information content (AvgIpc) is 2.41. The lowest BCUT2D eigenvalue weighted by atomic mass is 10.1. The molecule has 0 spiro atoms. The highest BCUT2D eigenvalue weighted by atomic mass is 19.1. The third kappa shape index (κ3) is 3.39. The van der Waals surface area contributed by atoms with Gasteiger partial charge in [-0.2, -0.15) is 0 Å². The first-order valence-electron chi connectivity index (χ1n) is 5.85. The van der Waals surface area contributed by atoms with Crippen molar-refractivity contribution in [1.29, 1.82) is 0 Å². The van der Waals surface area contributed by atoms with E-state index in [-0.39, 0.29) is 5.84 Å². The van der Waals surface area contributed by atoms with Crippen LogP contribution in [0.5, 0.6) is 0 Å². The largest absolute Gasteiger partial charge is 0.409 e. The number of morpholine rings is 1. The van der Waals surface area contributed by atoms with Crippen molar-refractivity contribution in [2.45, 2.75) is 12.6 Å². The second kappa shape index (κ2) is 5.94. The molecule has 1 fully saturated rings. The number of hydrogen-bond donors (Lipinski definition) is 2. The molecule has 1 aliphatic rings. The molecule has 1 heterocycles. The van der Waals surface area contributed by atoms with Gasteiger partial charge in [-0.1, -0.05) is 11.2 Å². The van der Waals surface area contributed by atoms with Crippen LogP contribution in [-0.4, -0.2) is 41.7 Å². The molecular formula is C12H15F2N3O2. The Bertz CT molecular complexity index is 482. The number of amidine groups is 1. The van der Waals surface area contributed by atoms with E-state index in [0.717, 1.165) is 6.07 Å². The van der Waals surface area contributed by atoms with Crippen LogP contribution >= 0.6 is 0 Å². The van der Waals surface area contributed by atoms with Crippen molar-refractivity contribution < 1.29 is 18.7 Å². The molecule has 0 amide bonds. The fraction of sp³-hybridized carbons (Fsp3) is 0.417. The summed E-state index contributed by atoms with van der Waals surface area (Å²) in [7, 11) is 0. The first-order chi connectivity index (χ1) is 9.10. The van der Waals surface area contributed by atoms with Gasteiger partial charge in [-0.25, -0.2) is 8.78 Å². The summed E-state index contributed by atoms with van der Waals surface area (Å²) in [6.07, 6.45) is -0.512. The molecule has 19 heavy (non-hydrogen) atoms. The van der Waals surface area contributed by atoms with Crippen molar-refractivity contribution in [3.8, 4) is 0 Å². The quantitative estimate of drug-likeness (QED) is 0.371. The summed E-state index contributed by atoms with van der Waals surface area (Å²) in [5.41, 5.74) is 5.88. The molecule has 5 nitrogen and oxygen atoms in total. The second-order valence-corrected chi connectivity index (χ2v) is 4.36. The van der Waals surface area contributed by atoms with E-state index >= 15 is 0 Å². The number of halogens is 2. The fourth-order valence-electron chi connectivity index (χ4n) is 1.98. The number of oxime groups is 1. The summed E-state index contributed by atoms with van der Waals surface area (Å²) < 4.78 is 31.7. The standard InChI is InChI=1S/C12H15F2N3O2/c13-9-2-1-8(10(14)5-9)6-17-3-4-19-11(7-17)12(15)16-18/h1-2,5,11,18H,3-4,6-7H2,(H2,15,16). The first kappa shape index (κ1) is 13.7. The number of hydrogen-bond acceptors (Lipinski definition) is 4. The molecule has 1 unspecified atom stereocenters. The Kier molecular flexibility index (Phi) is 4.28. The lowest BCUT2D eigenvalue weighted by molar-refractivity contribution is 0.00104. The maximum absolute atomic E-state index is 13.5. The SMILES string of the molecule is NC(=NO)C1CN(Cc2ccc(F)cc2F)CCO1. The van der Waals surface area contributed by atoms with Crippen LogP contribution < -0.4 is 5.73 Å². The molecule has 0 saturated carbocycles. The zero-order chi connectivity index (χ0) is 13.8. The van der Waals surface area contributed by atoms with E-state index in [2.05, 4.69) is 5.16 Å². The number of benzene rings is 1. The van der Waals surface area contributed by atoms with Gasteiger partial charge in [0.15, 0.2) is 5.84 Å². The van der Waals surface area contributed by atoms with Crippen molar-refractivity contribution in [3.63, 3.8) is 0 Å². The topological polar surface area (TPSA) is 71.1 Å². The molecule has 1 aromatic carbocycles. The van der Waals surface area contributed by atoms with E-state index in [0.29, 0.717) is 31.8 Å². The normalized spacial score (nSPS) is 21.6. The third-order valence-electron chi connectivity index (χ3n) is 3.00. The zero-order valence-corrected chi connectivity index (χ0v) is 10.2. The lowest BCUT2D eigenvalue weighted by Gasteiger charge is -2.32. The highest BCUT2D eigenvalue weighted by Crippen LogP contribution is 2.14. The molecule has 7 heteroatoms. The van der Waals surface area contributed by atoms with Crippen LogP contribution in [0.3, 0.4) is 0 Å². The van der Waals surface area contributed by atoms with Gasteiger partial charge in [0.2, 0.25) is 0 Å². The third-order valence-corrected chi connectivity index (χ3v) is 3.00. The van der Waals surface area contributed by atoms with Crippen LogP contribution in [0, 0.1) is 11.6 Å². The van der Waals surface area contributed by atoms with Crippen molar-refractivity contribution >= 4 is 5.84 Å². The molecule has 3 N–H and O–H groups in total. The minimum atomic E-state index is -0.599. The summed E-state index contributed by atoms with van der Waals surface area (Å²) in [5.74, 6) is -1.19. The predicted octanol–water partition coefficient (Wildman–Crippen LogP) is 0.912. The smallest absolute Gasteiger partial charge is 0.169 e. The zero-order valence-electron chi connectivity index (χ0n) is 10.2. The molecular weight excluding hydrogens is 256 g/mol. The van der Waals surface area contributed by atoms with Gasteiger partial charge < -0.3 is 15.7 Å². The molecule has 0 aliphatic carbocycles. The Labute approximate surface area is 109 Å². The van der Waals surface area contributed by atoms with E-state index < -0.39 is 17.7 Å². The van der Waals surface area contributed by atoms with Crippen molar-refractivity contribution in [3.05, 3.63) is 35.4 Å². The van der Waals surface area contributed by atoms with E-state index in [1.807, 2.05) is 4.90 Å². The van der Waals surface area contributed by atoms with Gasteiger partial charge in [0, 0.05) is 31.3 Å². The van der Waals surface area contributed by atoms with Crippen LogP contribution in [0.2, 0.25) is 0 Å². The Morgan fingerprint density at radius 2 is 2.32 bits per heavy atom. The average molecular weight is 271 g/mol. The number of ether oxygens (including phenoxy) is 1. The van der Waals surface area contributed by atoms with Crippen LogP contribution in [-0.2, 0) is 11.3 Å². The minimum absolute atomic E-state index is 0.00993. The molecule has 1 saturated heterocycles. The molecule has 0 aromatic heterocycles. The van der Waals surface area contributed by atoms with Crippen molar-refractivity contribution in [1.82, 2.24) is 4.90 Å². The molecule has 0 bridgehead atoms. The molecule has 2 rings (SSSR count). The highest BCUT2D eigenvalue weighted by Gasteiger charge is 2.24. The number of nitrogens with two attached hydrogens (primary N) is 1. The first-order valence-corrected chi connectivity index (χ1v) is 5.85. The van der Waals surface area contributed by atoms with Gasteiger partial charge in [-0.15, -0.1) is 0 Å². The van der Waals surface area contributed by atoms with Gasteiger partial charge in [0.05, 0.1) is 6.61 Å². The van der Waals surface area contributed by atoms with E-state index in [9.17, 15) is 8.78 Å². The maximum Gasteiger partial charge on any atom is 0.169 e. The molecule has 1 aliphatic heterocycles. The van der Waals surface area contributed by atoms with E-state index in [4.69, 9.17) is 15.7 Å². The summed E-state index contributed by atoms with van der Waals surface area (Å²) in [5, 5.41) is 11.5. The molecule has 1 atom stereocenters. The summed E-state index contributed by atoms with van der Waals surface area (Å²) in [6.45, 7) is 1.73. The van der Waals surface area contributed by atoms with Gasteiger partial charge in [0.1, 0.15) is 17.7 Å². The predicted molar refractivity (Wildman–Crippen MR) is 64.8 cm³/mol. The molecule has 0 radical (unpaired) electrons. The summed E-state index contributed by atoms with van der Waals surface area (Å²) >= 11 is 0. The summed E-state index contributed by atoms with van der Waals surface area (Å²) in [4.78, 5) is 1.91.